The summed E-state index contributed by atoms with van der Waals surface area (Å²) in [5, 5.41) is 6.34. The molecule has 2 N–H and O–H groups in total. The summed E-state index contributed by atoms with van der Waals surface area (Å²) in [6, 6.07) is 5.89. The second kappa shape index (κ2) is 8.58. The lowest BCUT2D eigenvalue weighted by atomic mass is 10.2. The Kier molecular flexibility index (Phi) is 7.03. The molecule has 1 rings (SSSR count). The SMILES string of the molecule is C=CCNC(=NCc1cc(Br)ccc1OC)NCC. The summed E-state index contributed by atoms with van der Waals surface area (Å²) in [5.74, 6) is 1.61. The van der Waals surface area contributed by atoms with Gasteiger partial charge in [0.2, 0.25) is 0 Å². The number of hydrogen-bond acceptors (Lipinski definition) is 2. The molecule has 1 aromatic rings. The Morgan fingerprint density at radius 2 is 2.26 bits per heavy atom. The van der Waals surface area contributed by atoms with Crippen LogP contribution < -0.4 is 15.4 Å². The van der Waals surface area contributed by atoms with E-state index >= 15 is 0 Å². The Labute approximate surface area is 123 Å². The standard InChI is InChI=1S/C14H20BrN3O/c1-4-8-17-14(16-5-2)18-10-11-9-12(15)6-7-13(11)19-3/h4,6-7,9H,1,5,8,10H2,2-3H3,(H2,16,17,18). The van der Waals surface area contributed by atoms with Gasteiger partial charge in [-0.05, 0) is 25.1 Å². The van der Waals surface area contributed by atoms with Crippen LogP contribution in [0.2, 0.25) is 0 Å². The minimum Gasteiger partial charge on any atom is -0.496 e. The third-order valence-electron chi connectivity index (χ3n) is 2.41. The summed E-state index contributed by atoms with van der Waals surface area (Å²) in [6.45, 7) is 7.76. The predicted octanol–water partition coefficient (Wildman–Crippen LogP) is 2.70. The van der Waals surface area contributed by atoms with Crippen molar-refractivity contribution in [1.82, 2.24) is 10.6 Å². The molecule has 0 heterocycles. The number of nitrogens with one attached hydrogen (secondary N) is 2. The van der Waals surface area contributed by atoms with Crippen molar-refractivity contribution in [2.75, 3.05) is 20.2 Å². The fourth-order valence-corrected chi connectivity index (χ4v) is 1.95. The molecule has 5 heteroatoms. The highest BCUT2D eigenvalue weighted by atomic mass is 79.9. The lowest BCUT2D eigenvalue weighted by Gasteiger charge is -2.11. The van der Waals surface area contributed by atoms with Crippen molar-refractivity contribution < 1.29 is 4.74 Å². The molecule has 0 saturated carbocycles. The fourth-order valence-electron chi connectivity index (χ4n) is 1.55. The Balaban J connectivity index is 2.80. The largest absolute Gasteiger partial charge is 0.496 e. The topological polar surface area (TPSA) is 45.7 Å². The van der Waals surface area contributed by atoms with Gasteiger partial charge in [0.05, 0.1) is 13.7 Å². The van der Waals surface area contributed by atoms with Crippen molar-refractivity contribution in [2.45, 2.75) is 13.5 Å². The number of aliphatic imine (C=N–C) groups is 1. The average molecular weight is 326 g/mol. The maximum absolute atomic E-state index is 5.33. The third-order valence-corrected chi connectivity index (χ3v) is 2.90. The van der Waals surface area contributed by atoms with E-state index < -0.39 is 0 Å². The van der Waals surface area contributed by atoms with E-state index in [4.69, 9.17) is 4.74 Å². The molecule has 0 aromatic heterocycles. The Hall–Kier alpha value is -1.49. The molecule has 0 aliphatic heterocycles. The number of nitrogens with zero attached hydrogens (tertiary/aromatic N) is 1. The molecule has 0 fully saturated rings. The van der Waals surface area contributed by atoms with Gasteiger partial charge in [-0.1, -0.05) is 22.0 Å². The first-order valence-corrected chi connectivity index (χ1v) is 6.96. The third kappa shape index (κ3) is 5.34. The van der Waals surface area contributed by atoms with Crippen molar-refractivity contribution in [3.63, 3.8) is 0 Å². The van der Waals surface area contributed by atoms with E-state index in [0.717, 1.165) is 28.3 Å². The summed E-state index contributed by atoms with van der Waals surface area (Å²) in [6.07, 6.45) is 1.80. The molecule has 0 atom stereocenters. The molecule has 0 amide bonds. The van der Waals surface area contributed by atoms with Gasteiger partial charge in [-0.25, -0.2) is 4.99 Å². The smallest absolute Gasteiger partial charge is 0.191 e. The highest BCUT2D eigenvalue weighted by molar-refractivity contribution is 9.10. The molecular formula is C14H20BrN3O. The highest BCUT2D eigenvalue weighted by Gasteiger charge is 2.03. The van der Waals surface area contributed by atoms with Gasteiger partial charge in [-0.15, -0.1) is 6.58 Å². The molecular weight excluding hydrogens is 306 g/mol. The lowest BCUT2D eigenvalue weighted by molar-refractivity contribution is 0.409. The first-order chi connectivity index (χ1) is 9.21. The molecule has 0 aliphatic carbocycles. The number of ether oxygens (including phenoxy) is 1. The molecule has 104 valence electrons. The molecule has 0 bridgehead atoms. The van der Waals surface area contributed by atoms with Crippen molar-refractivity contribution in [2.24, 2.45) is 4.99 Å². The first kappa shape index (κ1) is 15.6. The maximum Gasteiger partial charge on any atom is 0.191 e. The summed E-state index contributed by atoms with van der Waals surface area (Å²) in [5.41, 5.74) is 1.03. The maximum atomic E-state index is 5.33. The number of guanidine groups is 1. The molecule has 1 aromatic carbocycles. The van der Waals surface area contributed by atoms with E-state index in [1.54, 1.807) is 13.2 Å². The monoisotopic (exact) mass is 325 g/mol. The van der Waals surface area contributed by atoms with E-state index in [0.29, 0.717) is 13.1 Å². The second-order valence-electron chi connectivity index (χ2n) is 3.82. The summed E-state index contributed by atoms with van der Waals surface area (Å²) < 4.78 is 6.34. The summed E-state index contributed by atoms with van der Waals surface area (Å²) >= 11 is 3.46. The van der Waals surface area contributed by atoms with E-state index in [1.165, 1.54) is 0 Å². The Bertz CT molecular complexity index is 446. The molecule has 0 saturated heterocycles. The average Bonchev–Trinajstić information content (AvgIpc) is 2.42. The molecule has 19 heavy (non-hydrogen) atoms. The van der Waals surface area contributed by atoms with Crippen molar-refractivity contribution >= 4 is 21.9 Å². The van der Waals surface area contributed by atoms with E-state index in [1.807, 2.05) is 25.1 Å². The predicted molar refractivity (Wildman–Crippen MR) is 83.7 cm³/mol. The van der Waals surface area contributed by atoms with Crippen LogP contribution in [-0.2, 0) is 6.54 Å². The minimum atomic E-state index is 0.551. The summed E-state index contributed by atoms with van der Waals surface area (Å²) in [4.78, 5) is 4.52. The molecule has 0 aliphatic rings. The van der Waals surface area contributed by atoms with E-state index in [-0.39, 0.29) is 0 Å². The van der Waals surface area contributed by atoms with Gasteiger partial charge >= 0.3 is 0 Å². The van der Waals surface area contributed by atoms with E-state index in [9.17, 15) is 0 Å². The van der Waals surface area contributed by atoms with Crippen LogP contribution >= 0.6 is 15.9 Å². The molecule has 0 spiro atoms. The van der Waals surface area contributed by atoms with Crippen LogP contribution in [0.1, 0.15) is 12.5 Å². The van der Waals surface area contributed by atoms with Crippen molar-refractivity contribution in [3.05, 3.63) is 40.9 Å². The van der Waals surface area contributed by atoms with Gasteiger partial charge in [0.25, 0.3) is 0 Å². The molecule has 0 radical (unpaired) electrons. The number of methoxy groups -OCH3 is 1. The highest BCUT2D eigenvalue weighted by Crippen LogP contribution is 2.23. The number of rotatable bonds is 6. The van der Waals surface area contributed by atoms with Crippen molar-refractivity contribution in [3.8, 4) is 5.75 Å². The fraction of sp³-hybridized carbons (Fsp3) is 0.357. The molecule has 0 unspecified atom stereocenters. The zero-order chi connectivity index (χ0) is 14.1. The Morgan fingerprint density at radius 1 is 1.47 bits per heavy atom. The van der Waals surface area contributed by atoms with Crippen LogP contribution in [-0.4, -0.2) is 26.2 Å². The normalized spacial score (nSPS) is 11.0. The van der Waals surface area contributed by atoms with Gasteiger partial charge in [0, 0.05) is 23.1 Å². The van der Waals surface area contributed by atoms with Gasteiger partial charge in [-0.3, -0.25) is 0 Å². The summed E-state index contributed by atoms with van der Waals surface area (Å²) in [7, 11) is 1.66. The molecule has 4 nitrogen and oxygen atoms in total. The van der Waals surface area contributed by atoms with Crippen molar-refractivity contribution in [1.29, 1.82) is 0 Å². The zero-order valence-corrected chi connectivity index (χ0v) is 13.0. The van der Waals surface area contributed by atoms with Gasteiger partial charge in [0.1, 0.15) is 5.75 Å². The van der Waals surface area contributed by atoms with Gasteiger partial charge in [-0.2, -0.15) is 0 Å². The van der Waals surface area contributed by atoms with Crippen LogP contribution in [0.3, 0.4) is 0 Å². The Morgan fingerprint density at radius 3 is 2.89 bits per heavy atom. The zero-order valence-electron chi connectivity index (χ0n) is 11.4. The number of benzene rings is 1. The minimum absolute atomic E-state index is 0.551. The quantitative estimate of drug-likeness (QED) is 0.480. The van der Waals surface area contributed by atoms with Crippen LogP contribution in [0.15, 0.2) is 40.3 Å². The van der Waals surface area contributed by atoms with Crippen LogP contribution in [0.4, 0.5) is 0 Å². The van der Waals surface area contributed by atoms with E-state index in [2.05, 4.69) is 38.1 Å². The number of hydrogen-bond donors (Lipinski definition) is 2. The van der Waals surface area contributed by atoms with Gasteiger partial charge < -0.3 is 15.4 Å². The second-order valence-corrected chi connectivity index (χ2v) is 4.74. The first-order valence-electron chi connectivity index (χ1n) is 6.16. The number of halogens is 1. The van der Waals surface area contributed by atoms with Crippen LogP contribution in [0.25, 0.3) is 0 Å². The van der Waals surface area contributed by atoms with Crippen LogP contribution in [0, 0.1) is 0 Å². The lowest BCUT2D eigenvalue weighted by Crippen LogP contribution is -2.37. The van der Waals surface area contributed by atoms with Gasteiger partial charge in [0.15, 0.2) is 5.96 Å². The van der Waals surface area contributed by atoms with Crippen LogP contribution in [0.5, 0.6) is 5.75 Å².